The van der Waals surface area contributed by atoms with Gasteiger partial charge in [0.25, 0.3) is 7.82 Å². The predicted molar refractivity (Wildman–Crippen MR) is 268 cm³/mol. The third kappa shape index (κ3) is 49.2. The van der Waals surface area contributed by atoms with Crippen molar-refractivity contribution < 1.29 is 42.1 Å². The number of phosphoric ester groups is 1. The van der Waals surface area contributed by atoms with Crippen LogP contribution < -0.4 is 4.89 Å². The van der Waals surface area contributed by atoms with Gasteiger partial charge in [0.2, 0.25) is 0 Å². The van der Waals surface area contributed by atoms with Gasteiger partial charge in [-0.3, -0.25) is 14.2 Å². The highest BCUT2D eigenvalue weighted by Crippen LogP contribution is 2.38. The SMILES string of the molecule is CCCCC/C=C/C/C=C/C/C=C/C/C=C/CCCCCC(=O)O[C@H](COC(=O)CCCCCCCCCCCCC/C=C/CCCCCCCC)COP(=O)([O-])OCC[N+](C)(C)C. The predicted octanol–water partition coefficient (Wildman–Crippen LogP) is 15.0. The summed E-state index contributed by atoms with van der Waals surface area (Å²) < 4.78 is 34.0. The Morgan fingerprint density at radius 1 is 0.484 bits per heavy atom. The molecule has 0 bridgehead atoms. The molecule has 64 heavy (non-hydrogen) atoms. The summed E-state index contributed by atoms with van der Waals surface area (Å²) in [6.07, 6.45) is 56.8. The number of carbonyl (C=O) groups excluding carboxylic acids is 2. The van der Waals surface area contributed by atoms with E-state index < -0.39 is 32.5 Å². The minimum atomic E-state index is -4.64. The summed E-state index contributed by atoms with van der Waals surface area (Å²) in [6.45, 7) is 4.17. The van der Waals surface area contributed by atoms with E-state index in [9.17, 15) is 19.0 Å². The molecule has 0 radical (unpaired) electrons. The molecule has 0 spiro atoms. The molecular weight excluding hydrogens is 822 g/mol. The van der Waals surface area contributed by atoms with Crippen LogP contribution in [-0.4, -0.2) is 70.0 Å². The quantitative estimate of drug-likeness (QED) is 0.0195. The first-order valence-corrected chi connectivity index (χ1v) is 27.5. The molecule has 1 unspecified atom stereocenters. The monoisotopic (exact) mass is 920 g/mol. The molecule has 0 rings (SSSR count). The number of hydrogen-bond acceptors (Lipinski definition) is 8. The molecule has 0 aliphatic heterocycles. The number of esters is 2. The van der Waals surface area contributed by atoms with Gasteiger partial charge in [-0.05, 0) is 83.5 Å². The van der Waals surface area contributed by atoms with Gasteiger partial charge in [-0.15, -0.1) is 0 Å². The van der Waals surface area contributed by atoms with Gasteiger partial charge in [-0.1, -0.05) is 184 Å². The lowest BCUT2D eigenvalue weighted by Gasteiger charge is -2.28. The van der Waals surface area contributed by atoms with Crippen LogP contribution in [-0.2, 0) is 32.7 Å². The van der Waals surface area contributed by atoms with Crippen LogP contribution in [0.4, 0.5) is 0 Å². The lowest BCUT2D eigenvalue weighted by Crippen LogP contribution is -2.37. The van der Waals surface area contributed by atoms with Crippen LogP contribution in [0.15, 0.2) is 60.8 Å². The standard InChI is InChI=1S/C54H98NO8P/c1-6-8-10-12-14-16-18-20-22-24-26-27-29-30-32-34-36-38-40-42-44-46-53(56)60-50-52(51-62-64(58,59)61-49-48-55(3,4)5)63-54(57)47-45-43-41-39-37-35-33-31-28-25-23-21-19-17-15-13-11-9-7-2/h15,17,20-23,28,31,35,37,52H,6-14,16,18-19,24-27,29-30,32-34,36,38-51H2,1-5H3/b17-15+,22-20+,23-21+,31-28+,37-35+/t52-/m1/s1. The number of likely N-dealkylation sites (N-methyl/N-ethyl adjacent to an activating group) is 1. The number of nitrogens with zero attached hydrogens (tertiary/aromatic N) is 1. The fourth-order valence-corrected chi connectivity index (χ4v) is 7.66. The van der Waals surface area contributed by atoms with Crippen molar-refractivity contribution in [2.24, 2.45) is 0 Å². The van der Waals surface area contributed by atoms with E-state index in [0.717, 1.165) is 57.8 Å². The average Bonchev–Trinajstić information content (AvgIpc) is 3.25. The summed E-state index contributed by atoms with van der Waals surface area (Å²) >= 11 is 0. The number of quaternary nitrogens is 1. The second-order valence-electron chi connectivity index (χ2n) is 18.5. The molecule has 10 heteroatoms. The van der Waals surface area contributed by atoms with Crippen molar-refractivity contribution in [2.75, 3.05) is 47.5 Å². The van der Waals surface area contributed by atoms with Gasteiger partial charge in [0.05, 0.1) is 27.7 Å². The first-order chi connectivity index (χ1) is 31.0. The molecule has 0 aromatic heterocycles. The second kappa shape index (κ2) is 45.8. The van der Waals surface area contributed by atoms with Gasteiger partial charge < -0.3 is 27.9 Å². The van der Waals surface area contributed by atoms with Crippen LogP contribution in [0.2, 0.25) is 0 Å². The van der Waals surface area contributed by atoms with Crippen molar-refractivity contribution in [2.45, 2.75) is 225 Å². The Morgan fingerprint density at radius 2 is 0.844 bits per heavy atom. The van der Waals surface area contributed by atoms with E-state index in [1.807, 2.05) is 21.1 Å². The molecule has 0 N–H and O–H groups in total. The third-order valence-corrected chi connectivity index (χ3v) is 12.0. The molecule has 0 saturated carbocycles. The minimum absolute atomic E-state index is 0.0392. The fraction of sp³-hybridized carbons (Fsp3) is 0.778. The normalized spacial score (nSPS) is 13.9. The molecule has 0 fully saturated rings. The Morgan fingerprint density at radius 3 is 1.31 bits per heavy atom. The van der Waals surface area contributed by atoms with Crippen LogP contribution in [0, 0.1) is 0 Å². The number of allylic oxidation sites excluding steroid dienone is 10. The lowest BCUT2D eigenvalue weighted by atomic mass is 10.0. The largest absolute Gasteiger partial charge is 0.756 e. The summed E-state index contributed by atoms with van der Waals surface area (Å²) in [5.74, 6) is -0.869. The van der Waals surface area contributed by atoms with Crippen LogP contribution in [0.25, 0.3) is 0 Å². The van der Waals surface area contributed by atoms with Crippen molar-refractivity contribution in [1.82, 2.24) is 0 Å². The lowest BCUT2D eigenvalue weighted by molar-refractivity contribution is -0.870. The van der Waals surface area contributed by atoms with E-state index >= 15 is 0 Å². The van der Waals surface area contributed by atoms with E-state index in [1.54, 1.807) is 0 Å². The van der Waals surface area contributed by atoms with E-state index in [2.05, 4.69) is 74.6 Å². The molecule has 0 aromatic carbocycles. The Balaban J connectivity index is 4.30. The zero-order valence-electron chi connectivity index (χ0n) is 42.0. The number of carbonyl (C=O) groups is 2. The third-order valence-electron chi connectivity index (χ3n) is 11.0. The Bertz CT molecular complexity index is 1270. The van der Waals surface area contributed by atoms with Crippen LogP contribution in [0.1, 0.15) is 219 Å². The second-order valence-corrected chi connectivity index (χ2v) is 19.9. The number of rotatable bonds is 47. The van der Waals surface area contributed by atoms with Gasteiger partial charge in [0, 0.05) is 12.8 Å². The molecule has 0 aliphatic rings. The van der Waals surface area contributed by atoms with Crippen LogP contribution in [0.3, 0.4) is 0 Å². The highest BCUT2D eigenvalue weighted by Gasteiger charge is 2.21. The summed E-state index contributed by atoms with van der Waals surface area (Å²) in [4.78, 5) is 37.7. The molecular formula is C54H98NO8P. The Kier molecular flexibility index (Phi) is 44.2. The minimum Gasteiger partial charge on any atom is -0.756 e. The van der Waals surface area contributed by atoms with E-state index in [1.165, 1.54) is 128 Å². The van der Waals surface area contributed by atoms with Crippen LogP contribution >= 0.6 is 7.82 Å². The maximum absolute atomic E-state index is 12.7. The van der Waals surface area contributed by atoms with Crippen molar-refractivity contribution in [3.05, 3.63) is 60.8 Å². The zero-order valence-corrected chi connectivity index (χ0v) is 42.9. The topological polar surface area (TPSA) is 111 Å². The fourth-order valence-electron chi connectivity index (χ4n) is 6.93. The molecule has 2 atom stereocenters. The molecule has 0 aromatic rings. The Hall–Kier alpha value is -2.29. The molecule has 0 saturated heterocycles. The van der Waals surface area contributed by atoms with Gasteiger partial charge in [0.15, 0.2) is 6.10 Å². The highest BCUT2D eigenvalue weighted by molar-refractivity contribution is 7.45. The number of ether oxygens (including phenoxy) is 2. The van der Waals surface area contributed by atoms with Crippen molar-refractivity contribution in [3.8, 4) is 0 Å². The van der Waals surface area contributed by atoms with E-state index in [0.29, 0.717) is 17.4 Å². The average molecular weight is 920 g/mol. The van der Waals surface area contributed by atoms with Crippen molar-refractivity contribution >= 4 is 19.8 Å². The van der Waals surface area contributed by atoms with Crippen molar-refractivity contribution in [1.29, 1.82) is 0 Å². The van der Waals surface area contributed by atoms with Gasteiger partial charge in [0.1, 0.15) is 19.8 Å². The number of unbranched alkanes of at least 4 members (excludes halogenated alkanes) is 23. The summed E-state index contributed by atoms with van der Waals surface area (Å²) in [7, 11) is 1.14. The molecule has 372 valence electrons. The highest BCUT2D eigenvalue weighted by atomic mass is 31.2. The van der Waals surface area contributed by atoms with Gasteiger partial charge >= 0.3 is 11.9 Å². The first-order valence-electron chi connectivity index (χ1n) is 26.0. The zero-order chi connectivity index (χ0) is 47.1. The number of hydrogen-bond donors (Lipinski definition) is 0. The van der Waals surface area contributed by atoms with Gasteiger partial charge in [-0.25, -0.2) is 0 Å². The Labute approximate surface area is 394 Å². The smallest absolute Gasteiger partial charge is 0.306 e. The van der Waals surface area contributed by atoms with Crippen molar-refractivity contribution in [3.63, 3.8) is 0 Å². The molecule has 9 nitrogen and oxygen atoms in total. The maximum Gasteiger partial charge on any atom is 0.306 e. The first kappa shape index (κ1) is 61.7. The molecule has 0 aliphatic carbocycles. The molecule has 0 heterocycles. The molecule has 0 amide bonds. The summed E-state index contributed by atoms with van der Waals surface area (Å²) in [5, 5.41) is 0. The summed E-state index contributed by atoms with van der Waals surface area (Å²) in [6, 6.07) is 0. The van der Waals surface area contributed by atoms with E-state index in [4.69, 9.17) is 18.5 Å². The van der Waals surface area contributed by atoms with Crippen LogP contribution in [0.5, 0.6) is 0 Å². The maximum atomic E-state index is 12.7. The van der Waals surface area contributed by atoms with E-state index in [-0.39, 0.29) is 26.1 Å². The number of phosphoric acid groups is 1. The summed E-state index contributed by atoms with van der Waals surface area (Å²) in [5.41, 5.74) is 0. The van der Waals surface area contributed by atoms with Gasteiger partial charge in [-0.2, -0.15) is 0 Å².